The van der Waals surface area contributed by atoms with Gasteiger partial charge < -0.3 is 5.32 Å². The number of nitrogens with zero attached hydrogens (tertiary/aromatic N) is 1. The highest BCUT2D eigenvalue weighted by molar-refractivity contribution is 5.75. The molecule has 1 aliphatic heterocycles. The minimum absolute atomic E-state index is 0.196. The number of rotatable bonds is 5. The Morgan fingerprint density at radius 2 is 2.00 bits per heavy atom. The van der Waals surface area contributed by atoms with E-state index in [1.165, 1.54) is 32.4 Å². The molecule has 88 valence electrons. The first kappa shape index (κ1) is 12.5. The third kappa shape index (κ3) is 4.65. The van der Waals surface area contributed by atoms with Crippen molar-refractivity contribution >= 4 is 5.91 Å². The molecule has 1 unspecified atom stereocenters. The fraction of sp³-hybridized carbons (Fsp3) is 0.917. The molecular weight excluding hydrogens is 188 g/mol. The molecule has 1 aliphatic rings. The van der Waals surface area contributed by atoms with Crippen LogP contribution < -0.4 is 5.32 Å². The van der Waals surface area contributed by atoms with E-state index >= 15 is 0 Å². The molecular formula is C12H24N2O. The summed E-state index contributed by atoms with van der Waals surface area (Å²) in [6, 6.07) is 0.492. The van der Waals surface area contributed by atoms with E-state index in [-0.39, 0.29) is 5.91 Å². The molecule has 1 amide bonds. The van der Waals surface area contributed by atoms with Gasteiger partial charge in [0.2, 0.25) is 5.91 Å². The van der Waals surface area contributed by atoms with Gasteiger partial charge in [0.15, 0.2) is 0 Å². The van der Waals surface area contributed by atoms with Crippen LogP contribution in [0, 0.1) is 0 Å². The summed E-state index contributed by atoms with van der Waals surface area (Å²) in [5, 5.41) is 3.00. The molecule has 1 saturated heterocycles. The van der Waals surface area contributed by atoms with Gasteiger partial charge in [-0.25, -0.2) is 0 Å². The molecule has 3 heteroatoms. The molecule has 1 atom stereocenters. The minimum Gasteiger partial charge on any atom is -0.355 e. The number of piperidine rings is 1. The molecule has 0 saturated carbocycles. The maximum absolute atomic E-state index is 11.3. The molecule has 0 aliphatic carbocycles. The Bertz CT molecular complexity index is 188. The van der Waals surface area contributed by atoms with Crippen molar-refractivity contribution in [3.63, 3.8) is 0 Å². The number of carbonyl (C=O) groups excluding carboxylic acids is 1. The van der Waals surface area contributed by atoms with Gasteiger partial charge in [-0.1, -0.05) is 13.3 Å². The fourth-order valence-corrected chi connectivity index (χ4v) is 2.07. The summed E-state index contributed by atoms with van der Waals surface area (Å²) in [6.07, 6.45) is 5.59. The molecule has 15 heavy (non-hydrogen) atoms. The van der Waals surface area contributed by atoms with Crippen LogP contribution in [0.5, 0.6) is 0 Å². The molecule has 1 rings (SSSR count). The van der Waals surface area contributed by atoms with Crippen molar-refractivity contribution in [2.75, 3.05) is 19.6 Å². The van der Waals surface area contributed by atoms with Gasteiger partial charge in [0, 0.05) is 19.0 Å². The number of nitrogens with one attached hydrogen (secondary N) is 1. The third-order valence-corrected chi connectivity index (χ3v) is 3.09. The van der Waals surface area contributed by atoms with Crippen LogP contribution >= 0.6 is 0 Å². The minimum atomic E-state index is 0.196. The molecule has 0 aromatic rings. The van der Waals surface area contributed by atoms with E-state index in [1.54, 1.807) is 0 Å². The van der Waals surface area contributed by atoms with Crippen LogP contribution in [0.3, 0.4) is 0 Å². The Morgan fingerprint density at radius 1 is 1.33 bits per heavy atom. The highest BCUT2D eigenvalue weighted by Gasteiger charge is 2.16. The molecule has 3 nitrogen and oxygen atoms in total. The van der Waals surface area contributed by atoms with Crippen LogP contribution in [0.1, 0.15) is 46.0 Å². The lowest BCUT2D eigenvalue weighted by Crippen LogP contribution is -2.44. The van der Waals surface area contributed by atoms with Crippen LogP contribution in [0.25, 0.3) is 0 Å². The highest BCUT2D eigenvalue weighted by Crippen LogP contribution is 2.11. The molecule has 1 N–H and O–H groups in total. The number of hydrogen-bond acceptors (Lipinski definition) is 2. The second-order valence-electron chi connectivity index (χ2n) is 4.50. The van der Waals surface area contributed by atoms with E-state index in [2.05, 4.69) is 17.1 Å². The summed E-state index contributed by atoms with van der Waals surface area (Å²) in [5.74, 6) is 0.196. The first-order chi connectivity index (χ1) is 7.24. The van der Waals surface area contributed by atoms with Gasteiger partial charge in [0.05, 0.1) is 0 Å². The Kier molecular flexibility index (Phi) is 5.69. The van der Waals surface area contributed by atoms with Crippen LogP contribution in [-0.2, 0) is 4.79 Å². The first-order valence-electron chi connectivity index (χ1n) is 6.24. The van der Waals surface area contributed by atoms with E-state index in [4.69, 9.17) is 0 Å². The normalized spacial score (nSPS) is 19.9. The summed E-state index contributed by atoms with van der Waals surface area (Å²) < 4.78 is 0. The molecule has 0 spiro atoms. The maximum atomic E-state index is 11.3. The van der Waals surface area contributed by atoms with Crippen molar-refractivity contribution in [2.24, 2.45) is 0 Å². The van der Waals surface area contributed by atoms with Gasteiger partial charge in [-0.3, -0.25) is 9.69 Å². The summed E-state index contributed by atoms with van der Waals surface area (Å²) in [6.45, 7) is 7.44. The number of likely N-dealkylation sites (tertiary alicyclic amines) is 1. The van der Waals surface area contributed by atoms with Gasteiger partial charge in [0.1, 0.15) is 0 Å². The molecule has 0 radical (unpaired) electrons. The standard InChI is InChI=1S/C12H24N2O/c1-3-7-12(15)13-10-11(2)14-8-5-4-6-9-14/h11H,3-10H2,1-2H3,(H,13,15). The van der Waals surface area contributed by atoms with E-state index in [9.17, 15) is 4.79 Å². The zero-order chi connectivity index (χ0) is 11.1. The predicted molar refractivity (Wildman–Crippen MR) is 62.8 cm³/mol. The smallest absolute Gasteiger partial charge is 0.220 e. The van der Waals surface area contributed by atoms with Crippen molar-refractivity contribution in [1.82, 2.24) is 10.2 Å². The van der Waals surface area contributed by atoms with Crippen LogP contribution in [0.2, 0.25) is 0 Å². The maximum Gasteiger partial charge on any atom is 0.220 e. The number of hydrogen-bond donors (Lipinski definition) is 1. The lowest BCUT2D eigenvalue weighted by atomic mass is 10.1. The third-order valence-electron chi connectivity index (χ3n) is 3.09. The van der Waals surface area contributed by atoms with E-state index < -0.39 is 0 Å². The summed E-state index contributed by atoms with van der Waals surface area (Å²) in [4.78, 5) is 13.8. The zero-order valence-electron chi connectivity index (χ0n) is 10.1. The second kappa shape index (κ2) is 6.83. The van der Waals surface area contributed by atoms with Crippen molar-refractivity contribution in [1.29, 1.82) is 0 Å². The topological polar surface area (TPSA) is 32.3 Å². The average molecular weight is 212 g/mol. The van der Waals surface area contributed by atoms with Gasteiger partial charge >= 0.3 is 0 Å². The van der Waals surface area contributed by atoms with Gasteiger partial charge in [-0.2, -0.15) is 0 Å². The highest BCUT2D eigenvalue weighted by atomic mass is 16.1. The number of amides is 1. The number of carbonyl (C=O) groups is 1. The lowest BCUT2D eigenvalue weighted by Gasteiger charge is -2.32. The van der Waals surface area contributed by atoms with Crippen molar-refractivity contribution in [2.45, 2.75) is 52.0 Å². The largest absolute Gasteiger partial charge is 0.355 e. The summed E-state index contributed by atoms with van der Waals surface area (Å²) in [7, 11) is 0. The van der Waals surface area contributed by atoms with Gasteiger partial charge in [-0.05, 0) is 39.3 Å². The molecule has 0 aromatic heterocycles. The quantitative estimate of drug-likeness (QED) is 0.753. The molecule has 0 bridgehead atoms. The van der Waals surface area contributed by atoms with Crippen LogP contribution in [0.4, 0.5) is 0 Å². The monoisotopic (exact) mass is 212 g/mol. The second-order valence-corrected chi connectivity index (χ2v) is 4.50. The SMILES string of the molecule is CCCC(=O)NCC(C)N1CCCCC1. The van der Waals surface area contributed by atoms with Crippen molar-refractivity contribution < 1.29 is 4.79 Å². The predicted octanol–water partition coefficient (Wildman–Crippen LogP) is 1.78. The zero-order valence-corrected chi connectivity index (χ0v) is 10.1. The molecule has 1 fully saturated rings. The molecule has 0 aromatic carbocycles. The Morgan fingerprint density at radius 3 is 2.60 bits per heavy atom. The lowest BCUT2D eigenvalue weighted by molar-refractivity contribution is -0.121. The summed E-state index contributed by atoms with van der Waals surface area (Å²) in [5.41, 5.74) is 0. The Balaban J connectivity index is 2.16. The fourth-order valence-electron chi connectivity index (χ4n) is 2.07. The Labute approximate surface area is 93.2 Å². The van der Waals surface area contributed by atoms with Crippen LogP contribution in [0.15, 0.2) is 0 Å². The van der Waals surface area contributed by atoms with Crippen LogP contribution in [-0.4, -0.2) is 36.5 Å². The molecule has 1 heterocycles. The summed E-state index contributed by atoms with van der Waals surface area (Å²) >= 11 is 0. The van der Waals surface area contributed by atoms with Gasteiger partial charge in [0.25, 0.3) is 0 Å². The Hall–Kier alpha value is -0.570. The first-order valence-corrected chi connectivity index (χ1v) is 6.24. The van der Waals surface area contributed by atoms with Gasteiger partial charge in [-0.15, -0.1) is 0 Å². The van der Waals surface area contributed by atoms with E-state index in [0.717, 1.165) is 13.0 Å². The average Bonchev–Trinajstić information content (AvgIpc) is 2.27. The van der Waals surface area contributed by atoms with Crippen molar-refractivity contribution in [3.05, 3.63) is 0 Å². The van der Waals surface area contributed by atoms with E-state index in [0.29, 0.717) is 12.5 Å². The van der Waals surface area contributed by atoms with Crippen molar-refractivity contribution in [3.8, 4) is 0 Å². The van der Waals surface area contributed by atoms with E-state index in [1.807, 2.05) is 6.92 Å².